The maximum atomic E-state index is 11.5. The van der Waals surface area contributed by atoms with Crippen LogP contribution in [-0.4, -0.2) is 25.2 Å². The van der Waals surface area contributed by atoms with Crippen molar-refractivity contribution in [2.75, 3.05) is 18.4 Å². The van der Waals surface area contributed by atoms with E-state index in [1.807, 2.05) is 31.2 Å². The molecule has 1 aromatic rings. The fourth-order valence-corrected chi connectivity index (χ4v) is 1.38. The first-order chi connectivity index (χ1) is 7.24. The van der Waals surface area contributed by atoms with Crippen molar-refractivity contribution >= 4 is 11.7 Å². The van der Waals surface area contributed by atoms with Crippen LogP contribution in [-0.2, 0) is 0 Å². The van der Waals surface area contributed by atoms with Gasteiger partial charge in [0.25, 0.3) is 0 Å². The molecule has 1 saturated heterocycles. The molecule has 0 radical (unpaired) electrons. The average Bonchev–Trinajstić information content (AvgIpc) is 2.16. The second kappa shape index (κ2) is 4.31. The third kappa shape index (κ3) is 2.70. The minimum absolute atomic E-state index is 0.134. The van der Waals surface area contributed by atoms with Crippen molar-refractivity contribution in [3.63, 3.8) is 0 Å². The van der Waals surface area contributed by atoms with Crippen LogP contribution >= 0.6 is 0 Å². The second-order valence-electron chi connectivity index (χ2n) is 3.82. The lowest BCUT2D eigenvalue weighted by molar-refractivity contribution is 0.243. The third-order valence-corrected chi connectivity index (χ3v) is 2.43. The van der Waals surface area contributed by atoms with E-state index in [4.69, 9.17) is 0 Å². The monoisotopic (exact) mass is 205 g/mol. The number of anilines is 1. The van der Waals surface area contributed by atoms with E-state index in [0.717, 1.165) is 18.8 Å². The quantitative estimate of drug-likeness (QED) is 0.677. The molecule has 2 amide bonds. The van der Waals surface area contributed by atoms with Gasteiger partial charge in [0.15, 0.2) is 0 Å². The Morgan fingerprint density at radius 1 is 1.33 bits per heavy atom. The van der Waals surface area contributed by atoms with Crippen molar-refractivity contribution in [3.8, 4) is 0 Å². The number of rotatable bonds is 2. The average molecular weight is 205 g/mol. The van der Waals surface area contributed by atoms with Crippen LogP contribution in [0.2, 0.25) is 0 Å². The first kappa shape index (κ1) is 9.98. The normalized spacial score (nSPS) is 15.5. The van der Waals surface area contributed by atoms with Crippen molar-refractivity contribution in [2.45, 2.75) is 13.0 Å². The van der Waals surface area contributed by atoms with Crippen molar-refractivity contribution < 1.29 is 4.79 Å². The van der Waals surface area contributed by atoms with E-state index in [-0.39, 0.29) is 12.1 Å². The lowest BCUT2D eigenvalue weighted by Crippen LogP contribution is -2.57. The van der Waals surface area contributed by atoms with Crippen LogP contribution in [0.4, 0.5) is 10.5 Å². The van der Waals surface area contributed by atoms with E-state index in [9.17, 15) is 4.79 Å². The van der Waals surface area contributed by atoms with E-state index >= 15 is 0 Å². The Balaban J connectivity index is 1.84. The number of hydrogen-bond donors (Lipinski definition) is 3. The highest BCUT2D eigenvalue weighted by molar-refractivity contribution is 5.89. The van der Waals surface area contributed by atoms with Gasteiger partial charge in [-0.05, 0) is 19.1 Å². The molecule has 0 saturated carbocycles. The van der Waals surface area contributed by atoms with Gasteiger partial charge in [-0.2, -0.15) is 0 Å². The van der Waals surface area contributed by atoms with Crippen LogP contribution in [0.3, 0.4) is 0 Å². The molecule has 15 heavy (non-hydrogen) atoms. The fourth-order valence-electron chi connectivity index (χ4n) is 1.38. The van der Waals surface area contributed by atoms with Crippen LogP contribution in [0.25, 0.3) is 0 Å². The lowest BCUT2D eigenvalue weighted by Gasteiger charge is -2.27. The summed E-state index contributed by atoms with van der Waals surface area (Å²) < 4.78 is 0. The van der Waals surface area contributed by atoms with Gasteiger partial charge in [0.1, 0.15) is 0 Å². The highest BCUT2D eigenvalue weighted by atomic mass is 16.2. The SMILES string of the molecule is Cc1ccc(NC(=O)NC2CNC2)cc1. The largest absolute Gasteiger partial charge is 0.333 e. The van der Waals surface area contributed by atoms with Crippen LogP contribution < -0.4 is 16.0 Å². The highest BCUT2D eigenvalue weighted by Gasteiger charge is 2.18. The van der Waals surface area contributed by atoms with E-state index in [2.05, 4.69) is 16.0 Å². The zero-order valence-electron chi connectivity index (χ0n) is 8.71. The Morgan fingerprint density at radius 2 is 2.00 bits per heavy atom. The van der Waals surface area contributed by atoms with Crippen molar-refractivity contribution in [1.82, 2.24) is 10.6 Å². The molecule has 1 aliphatic rings. The minimum atomic E-state index is -0.134. The molecule has 1 aliphatic heterocycles. The molecule has 0 atom stereocenters. The summed E-state index contributed by atoms with van der Waals surface area (Å²) in [4.78, 5) is 11.5. The summed E-state index contributed by atoms with van der Waals surface area (Å²) in [6, 6.07) is 7.88. The van der Waals surface area contributed by atoms with Crippen LogP contribution in [0.1, 0.15) is 5.56 Å². The molecule has 3 N–H and O–H groups in total. The number of carbonyl (C=O) groups excluding carboxylic acids is 1. The molecule has 4 nitrogen and oxygen atoms in total. The number of urea groups is 1. The Bertz CT molecular complexity index is 343. The molecule has 0 unspecified atom stereocenters. The first-order valence-electron chi connectivity index (χ1n) is 5.09. The Labute approximate surface area is 89.1 Å². The molecule has 0 aromatic heterocycles. The van der Waals surface area contributed by atoms with Crippen molar-refractivity contribution in [1.29, 1.82) is 0 Å². The number of benzene rings is 1. The van der Waals surface area contributed by atoms with Crippen molar-refractivity contribution in [3.05, 3.63) is 29.8 Å². The van der Waals surface area contributed by atoms with Gasteiger partial charge in [-0.25, -0.2) is 4.79 Å². The van der Waals surface area contributed by atoms with Gasteiger partial charge in [0.05, 0.1) is 6.04 Å². The van der Waals surface area contributed by atoms with Gasteiger partial charge in [-0.15, -0.1) is 0 Å². The summed E-state index contributed by atoms with van der Waals surface area (Å²) in [6.07, 6.45) is 0. The second-order valence-corrected chi connectivity index (χ2v) is 3.82. The lowest BCUT2D eigenvalue weighted by atomic mass is 10.2. The summed E-state index contributed by atoms with van der Waals surface area (Å²) in [5.74, 6) is 0. The smallest absolute Gasteiger partial charge is 0.319 e. The topological polar surface area (TPSA) is 53.2 Å². The molecule has 1 fully saturated rings. The number of hydrogen-bond acceptors (Lipinski definition) is 2. The third-order valence-electron chi connectivity index (χ3n) is 2.43. The van der Waals surface area contributed by atoms with Crippen LogP contribution in [0.5, 0.6) is 0 Å². The van der Waals surface area contributed by atoms with Gasteiger partial charge >= 0.3 is 6.03 Å². The molecule has 0 bridgehead atoms. The standard InChI is InChI=1S/C11H15N3O/c1-8-2-4-9(5-3-8)13-11(15)14-10-6-12-7-10/h2-5,10,12H,6-7H2,1H3,(H2,13,14,15). The van der Waals surface area contributed by atoms with Crippen LogP contribution in [0.15, 0.2) is 24.3 Å². The number of aryl methyl sites for hydroxylation is 1. The van der Waals surface area contributed by atoms with Gasteiger partial charge in [-0.1, -0.05) is 17.7 Å². The number of nitrogens with one attached hydrogen (secondary N) is 3. The zero-order chi connectivity index (χ0) is 10.7. The summed E-state index contributed by atoms with van der Waals surface area (Å²) in [7, 11) is 0. The molecule has 1 heterocycles. The van der Waals surface area contributed by atoms with E-state index in [1.54, 1.807) is 0 Å². The van der Waals surface area contributed by atoms with E-state index < -0.39 is 0 Å². The van der Waals surface area contributed by atoms with Gasteiger partial charge in [-0.3, -0.25) is 0 Å². The molecule has 80 valence electrons. The molecule has 0 spiro atoms. The molecule has 1 aromatic carbocycles. The van der Waals surface area contributed by atoms with Gasteiger partial charge in [0, 0.05) is 18.8 Å². The molecular formula is C11H15N3O. The van der Waals surface area contributed by atoms with Crippen molar-refractivity contribution in [2.24, 2.45) is 0 Å². The number of amides is 2. The first-order valence-corrected chi connectivity index (χ1v) is 5.09. The predicted molar refractivity (Wildman–Crippen MR) is 60.0 cm³/mol. The molecule has 0 aliphatic carbocycles. The predicted octanol–water partition coefficient (Wildman–Crippen LogP) is 1.09. The molecular weight excluding hydrogens is 190 g/mol. The minimum Gasteiger partial charge on any atom is -0.333 e. The van der Waals surface area contributed by atoms with E-state index in [1.165, 1.54) is 5.56 Å². The maximum absolute atomic E-state index is 11.5. The summed E-state index contributed by atoms with van der Waals surface area (Å²) in [5, 5.41) is 8.75. The molecule has 2 rings (SSSR count). The number of carbonyl (C=O) groups is 1. The van der Waals surface area contributed by atoms with E-state index in [0.29, 0.717) is 0 Å². The van der Waals surface area contributed by atoms with Gasteiger partial charge in [0.2, 0.25) is 0 Å². The maximum Gasteiger partial charge on any atom is 0.319 e. The highest BCUT2D eigenvalue weighted by Crippen LogP contribution is 2.08. The summed E-state index contributed by atoms with van der Waals surface area (Å²) >= 11 is 0. The Kier molecular flexibility index (Phi) is 2.87. The summed E-state index contributed by atoms with van der Waals surface area (Å²) in [5.41, 5.74) is 2.01. The van der Waals surface area contributed by atoms with Crippen LogP contribution in [0, 0.1) is 6.92 Å². The van der Waals surface area contributed by atoms with Gasteiger partial charge < -0.3 is 16.0 Å². The Morgan fingerprint density at radius 3 is 2.53 bits per heavy atom. The molecule has 4 heteroatoms. The fraction of sp³-hybridized carbons (Fsp3) is 0.364. The summed E-state index contributed by atoms with van der Waals surface area (Å²) in [6.45, 7) is 3.74. The zero-order valence-corrected chi connectivity index (χ0v) is 8.71. The Hall–Kier alpha value is -1.55.